The molecule has 4 rings (SSSR count). The van der Waals surface area contributed by atoms with Gasteiger partial charge in [-0.1, -0.05) is 25.1 Å². The summed E-state index contributed by atoms with van der Waals surface area (Å²) in [7, 11) is 0. The number of benzene rings is 1. The van der Waals surface area contributed by atoms with Crippen molar-refractivity contribution in [3.8, 4) is 5.75 Å². The van der Waals surface area contributed by atoms with Crippen LogP contribution in [0.2, 0.25) is 0 Å². The Kier molecular flexibility index (Phi) is 4.36. The maximum absolute atomic E-state index is 11.0. The van der Waals surface area contributed by atoms with Crippen LogP contribution >= 0.6 is 0 Å². The van der Waals surface area contributed by atoms with Crippen molar-refractivity contribution in [2.75, 3.05) is 13.1 Å². The number of rotatable bonds is 3. The van der Waals surface area contributed by atoms with Gasteiger partial charge in [0.15, 0.2) is 0 Å². The van der Waals surface area contributed by atoms with Crippen LogP contribution in [-0.4, -0.2) is 33.1 Å². The first-order chi connectivity index (χ1) is 12.2. The van der Waals surface area contributed by atoms with Crippen LogP contribution in [0.3, 0.4) is 0 Å². The predicted octanol–water partition coefficient (Wildman–Crippen LogP) is 4.16. The van der Waals surface area contributed by atoms with E-state index in [1.807, 2.05) is 42.7 Å². The smallest absolute Gasteiger partial charge is 0.146 e. The minimum absolute atomic E-state index is 0.0295. The molecule has 4 nitrogen and oxygen atoms in total. The van der Waals surface area contributed by atoms with E-state index in [0.717, 1.165) is 35.5 Å². The third kappa shape index (κ3) is 3.10. The molecule has 3 aromatic rings. The Labute approximate surface area is 148 Å². The molecule has 0 amide bonds. The second kappa shape index (κ2) is 6.81. The van der Waals surface area contributed by atoms with Gasteiger partial charge in [-0.25, -0.2) is 0 Å². The molecule has 1 N–H and O–H groups in total. The van der Waals surface area contributed by atoms with Crippen molar-refractivity contribution in [3.63, 3.8) is 0 Å². The molecule has 1 aromatic carbocycles. The summed E-state index contributed by atoms with van der Waals surface area (Å²) >= 11 is 0. The fourth-order valence-electron chi connectivity index (χ4n) is 3.79. The van der Waals surface area contributed by atoms with Crippen molar-refractivity contribution in [1.82, 2.24) is 14.9 Å². The molecule has 2 aromatic heterocycles. The average molecular weight is 333 g/mol. The number of aromatic hydroxyl groups is 1. The van der Waals surface area contributed by atoms with E-state index < -0.39 is 0 Å². The highest BCUT2D eigenvalue weighted by atomic mass is 16.3. The minimum atomic E-state index is 0.0295. The van der Waals surface area contributed by atoms with E-state index in [9.17, 15) is 5.11 Å². The number of aromatic nitrogens is 2. The Bertz CT molecular complexity index is 857. The zero-order chi connectivity index (χ0) is 17.2. The van der Waals surface area contributed by atoms with Crippen LogP contribution in [0.4, 0.5) is 0 Å². The number of fused-ring (bicyclic) bond motifs is 1. The molecule has 1 saturated heterocycles. The van der Waals surface area contributed by atoms with Gasteiger partial charge in [0.05, 0.1) is 6.04 Å². The molecule has 0 bridgehead atoms. The monoisotopic (exact) mass is 333 g/mol. The Morgan fingerprint density at radius 1 is 1.04 bits per heavy atom. The fraction of sp³-hybridized carbons (Fsp3) is 0.333. The highest BCUT2D eigenvalue weighted by molar-refractivity contribution is 5.85. The van der Waals surface area contributed by atoms with Gasteiger partial charge in [0.25, 0.3) is 0 Å². The number of piperidine rings is 1. The molecule has 3 heterocycles. The molecule has 25 heavy (non-hydrogen) atoms. The average Bonchev–Trinajstić information content (AvgIpc) is 2.66. The van der Waals surface area contributed by atoms with Gasteiger partial charge in [0.2, 0.25) is 0 Å². The van der Waals surface area contributed by atoms with E-state index in [1.54, 1.807) is 6.20 Å². The second-order valence-electron chi connectivity index (χ2n) is 6.98. The number of hydrogen-bond donors (Lipinski definition) is 1. The van der Waals surface area contributed by atoms with Crippen molar-refractivity contribution in [1.29, 1.82) is 0 Å². The van der Waals surface area contributed by atoms with E-state index in [1.165, 1.54) is 12.8 Å². The highest BCUT2D eigenvalue weighted by Crippen LogP contribution is 2.39. The lowest BCUT2D eigenvalue weighted by Gasteiger charge is -2.37. The van der Waals surface area contributed by atoms with Crippen molar-refractivity contribution in [3.05, 3.63) is 66.1 Å². The number of pyridine rings is 2. The zero-order valence-electron chi connectivity index (χ0n) is 14.5. The molecule has 0 aliphatic carbocycles. The molecule has 0 saturated carbocycles. The van der Waals surface area contributed by atoms with E-state index in [4.69, 9.17) is 0 Å². The highest BCUT2D eigenvalue weighted by Gasteiger charge is 2.28. The number of phenolic OH excluding ortho intramolecular Hbond substituents is 1. The van der Waals surface area contributed by atoms with Gasteiger partial charge >= 0.3 is 0 Å². The van der Waals surface area contributed by atoms with Crippen LogP contribution in [0.5, 0.6) is 5.75 Å². The largest absolute Gasteiger partial charge is 0.505 e. The van der Waals surface area contributed by atoms with E-state index in [0.29, 0.717) is 11.3 Å². The molecule has 1 atom stereocenters. The first kappa shape index (κ1) is 16.0. The third-order valence-corrected chi connectivity index (χ3v) is 5.28. The van der Waals surface area contributed by atoms with Crippen LogP contribution in [-0.2, 0) is 0 Å². The van der Waals surface area contributed by atoms with Crippen molar-refractivity contribution in [2.45, 2.75) is 25.8 Å². The molecule has 128 valence electrons. The van der Waals surface area contributed by atoms with Gasteiger partial charge in [-0.2, -0.15) is 0 Å². The Hall–Kier alpha value is -2.46. The summed E-state index contributed by atoms with van der Waals surface area (Å²) in [5.74, 6) is 1.06. The zero-order valence-corrected chi connectivity index (χ0v) is 14.5. The maximum atomic E-state index is 11.0. The lowest BCUT2D eigenvalue weighted by atomic mass is 9.91. The molecule has 0 spiro atoms. The van der Waals surface area contributed by atoms with E-state index in [-0.39, 0.29) is 6.04 Å². The summed E-state index contributed by atoms with van der Waals surface area (Å²) in [5, 5.41) is 11.9. The topological polar surface area (TPSA) is 49.2 Å². The molecule has 1 aliphatic heterocycles. The van der Waals surface area contributed by atoms with E-state index >= 15 is 0 Å². The molecular weight excluding hydrogens is 310 g/mol. The number of nitrogens with zero attached hydrogens (tertiary/aromatic N) is 3. The Morgan fingerprint density at radius 2 is 1.80 bits per heavy atom. The molecule has 0 radical (unpaired) electrons. The normalized spacial score (nSPS) is 17.6. The first-order valence-electron chi connectivity index (χ1n) is 8.94. The van der Waals surface area contributed by atoms with Gasteiger partial charge < -0.3 is 5.11 Å². The Morgan fingerprint density at radius 3 is 2.56 bits per heavy atom. The fourth-order valence-corrected chi connectivity index (χ4v) is 3.79. The maximum Gasteiger partial charge on any atom is 0.146 e. The van der Waals surface area contributed by atoms with Gasteiger partial charge in [0, 0.05) is 29.5 Å². The number of likely N-dealkylation sites (tertiary alicyclic amines) is 1. The van der Waals surface area contributed by atoms with E-state index in [2.05, 4.69) is 27.9 Å². The Balaban J connectivity index is 1.82. The van der Waals surface area contributed by atoms with Gasteiger partial charge in [0.1, 0.15) is 11.3 Å². The molecule has 1 aliphatic rings. The van der Waals surface area contributed by atoms with Crippen molar-refractivity contribution in [2.24, 2.45) is 5.92 Å². The molecule has 1 unspecified atom stereocenters. The van der Waals surface area contributed by atoms with Crippen LogP contribution < -0.4 is 0 Å². The summed E-state index contributed by atoms with van der Waals surface area (Å²) in [6.07, 6.45) is 7.76. The number of hydrogen-bond acceptors (Lipinski definition) is 4. The quantitative estimate of drug-likeness (QED) is 0.782. The van der Waals surface area contributed by atoms with Crippen LogP contribution in [0.15, 0.2) is 55.0 Å². The molecular formula is C21H23N3O. The molecule has 4 heteroatoms. The second-order valence-corrected chi connectivity index (χ2v) is 6.98. The lowest BCUT2D eigenvalue weighted by Crippen LogP contribution is -2.36. The SMILES string of the molecule is CC1CCN(C(c2ccncc2)c2ccc3cccnc3c2O)CC1. The van der Waals surface area contributed by atoms with Crippen molar-refractivity contribution >= 4 is 10.9 Å². The first-order valence-corrected chi connectivity index (χ1v) is 8.94. The lowest BCUT2D eigenvalue weighted by molar-refractivity contribution is 0.156. The standard InChI is InChI=1S/C21H23N3O/c1-15-8-13-24(14-9-15)20(17-6-11-22-12-7-17)18-5-4-16-3-2-10-23-19(16)21(18)25/h2-7,10-12,15,20,25H,8-9,13-14H2,1H3. The summed E-state index contributed by atoms with van der Waals surface area (Å²) < 4.78 is 0. The summed E-state index contributed by atoms with van der Waals surface area (Å²) in [5.41, 5.74) is 2.76. The minimum Gasteiger partial charge on any atom is -0.505 e. The summed E-state index contributed by atoms with van der Waals surface area (Å²) in [6, 6.07) is 12.1. The molecule has 1 fully saturated rings. The van der Waals surface area contributed by atoms with Crippen molar-refractivity contribution < 1.29 is 5.11 Å². The predicted molar refractivity (Wildman–Crippen MR) is 99.5 cm³/mol. The third-order valence-electron chi connectivity index (χ3n) is 5.28. The number of phenols is 1. The van der Waals surface area contributed by atoms with Crippen LogP contribution in [0.25, 0.3) is 10.9 Å². The van der Waals surface area contributed by atoms with Gasteiger partial charge in [-0.05, 0) is 55.6 Å². The van der Waals surface area contributed by atoms with Crippen LogP contribution in [0, 0.1) is 5.92 Å². The van der Waals surface area contributed by atoms with Crippen LogP contribution in [0.1, 0.15) is 36.9 Å². The summed E-state index contributed by atoms with van der Waals surface area (Å²) in [4.78, 5) is 11.0. The van der Waals surface area contributed by atoms with Gasteiger partial charge in [-0.15, -0.1) is 0 Å². The van der Waals surface area contributed by atoms with Gasteiger partial charge in [-0.3, -0.25) is 14.9 Å². The summed E-state index contributed by atoms with van der Waals surface area (Å²) in [6.45, 7) is 4.39.